The lowest BCUT2D eigenvalue weighted by atomic mass is 9.94. The van der Waals surface area contributed by atoms with Gasteiger partial charge >= 0.3 is 12.0 Å². The number of ether oxygens (including phenoxy) is 1. The van der Waals surface area contributed by atoms with Crippen LogP contribution in [0.1, 0.15) is 28.9 Å². The van der Waals surface area contributed by atoms with Crippen molar-refractivity contribution in [3.8, 4) is 0 Å². The van der Waals surface area contributed by atoms with Gasteiger partial charge < -0.3 is 20.0 Å². The Morgan fingerprint density at radius 3 is 2.46 bits per heavy atom. The minimum Gasteiger partial charge on any atom is -0.545 e. The SMILES string of the molecule is COC(=O)C1=C(C)N(c2cccc(C(=O)[O-])c2)C(=O)N[C@@H]1c1ccc(Cl)cc1. The molecule has 0 fully saturated rings. The largest absolute Gasteiger partial charge is 0.545 e. The topological polar surface area (TPSA) is 98.8 Å². The number of halogens is 1. The minimum absolute atomic E-state index is 0.0856. The minimum atomic E-state index is -1.37. The third-order valence-corrected chi connectivity index (χ3v) is 4.69. The van der Waals surface area contributed by atoms with E-state index < -0.39 is 24.0 Å². The van der Waals surface area contributed by atoms with E-state index in [1.165, 1.54) is 30.2 Å². The van der Waals surface area contributed by atoms with E-state index >= 15 is 0 Å². The molecule has 2 aromatic rings. The van der Waals surface area contributed by atoms with Gasteiger partial charge in [0.1, 0.15) is 0 Å². The Morgan fingerprint density at radius 2 is 1.86 bits per heavy atom. The molecule has 1 aliphatic rings. The first-order chi connectivity index (χ1) is 13.3. The molecule has 0 saturated carbocycles. The van der Waals surface area contributed by atoms with Crippen LogP contribution in [-0.2, 0) is 9.53 Å². The smallest absolute Gasteiger partial charge is 0.337 e. The van der Waals surface area contributed by atoms with Crippen LogP contribution < -0.4 is 15.3 Å². The van der Waals surface area contributed by atoms with Gasteiger partial charge in [-0.2, -0.15) is 0 Å². The molecule has 0 unspecified atom stereocenters. The summed E-state index contributed by atoms with van der Waals surface area (Å²) in [6.45, 7) is 1.60. The Labute approximate surface area is 166 Å². The zero-order valence-corrected chi connectivity index (χ0v) is 15.8. The van der Waals surface area contributed by atoms with Crippen LogP contribution in [0, 0.1) is 0 Å². The summed E-state index contributed by atoms with van der Waals surface area (Å²) in [6, 6.07) is 11.2. The number of urea groups is 1. The monoisotopic (exact) mass is 399 g/mol. The van der Waals surface area contributed by atoms with E-state index in [0.717, 1.165) is 0 Å². The lowest BCUT2D eigenvalue weighted by Crippen LogP contribution is -2.48. The van der Waals surface area contributed by atoms with E-state index in [2.05, 4.69) is 5.32 Å². The third-order valence-electron chi connectivity index (χ3n) is 4.43. The van der Waals surface area contributed by atoms with Crippen molar-refractivity contribution in [1.29, 1.82) is 0 Å². The maximum Gasteiger partial charge on any atom is 0.337 e. The molecule has 1 heterocycles. The van der Waals surface area contributed by atoms with Crippen molar-refractivity contribution in [3.05, 3.63) is 76.0 Å². The molecular weight excluding hydrogens is 384 g/mol. The fraction of sp³-hybridized carbons (Fsp3) is 0.150. The first-order valence-corrected chi connectivity index (χ1v) is 8.68. The number of carboxylic acids is 1. The average molecular weight is 400 g/mol. The molecule has 0 spiro atoms. The van der Waals surface area contributed by atoms with Crippen LogP contribution in [0.5, 0.6) is 0 Å². The molecule has 8 heteroatoms. The Morgan fingerprint density at radius 1 is 1.18 bits per heavy atom. The fourth-order valence-electron chi connectivity index (χ4n) is 3.11. The van der Waals surface area contributed by atoms with Crippen LogP contribution in [0.2, 0.25) is 5.02 Å². The van der Waals surface area contributed by atoms with Gasteiger partial charge in [-0.1, -0.05) is 35.9 Å². The van der Waals surface area contributed by atoms with E-state index in [4.69, 9.17) is 16.3 Å². The second-order valence-electron chi connectivity index (χ2n) is 6.10. The summed E-state index contributed by atoms with van der Waals surface area (Å²) in [5.41, 5.74) is 1.40. The van der Waals surface area contributed by atoms with E-state index in [9.17, 15) is 19.5 Å². The Kier molecular flexibility index (Phi) is 5.37. The number of esters is 1. The normalized spacial score (nSPS) is 16.6. The summed E-state index contributed by atoms with van der Waals surface area (Å²) in [7, 11) is 1.25. The molecule has 1 N–H and O–H groups in total. The number of methoxy groups -OCH3 is 1. The molecule has 2 aromatic carbocycles. The summed E-state index contributed by atoms with van der Waals surface area (Å²) in [5, 5.41) is 14.4. The number of nitrogens with zero attached hydrogens (tertiary/aromatic N) is 1. The summed E-state index contributed by atoms with van der Waals surface area (Å²) >= 11 is 5.93. The van der Waals surface area contributed by atoms with Crippen LogP contribution in [0.15, 0.2) is 59.8 Å². The predicted molar refractivity (Wildman–Crippen MR) is 101 cm³/mol. The van der Waals surface area contributed by atoms with E-state index in [1.807, 2.05) is 0 Å². The van der Waals surface area contributed by atoms with Crippen LogP contribution >= 0.6 is 11.6 Å². The lowest BCUT2D eigenvalue weighted by Gasteiger charge is -2.35. The predicted octanol–water partition coefficient (Wildman–Crippen LogP) is 2.42. The van der Waals surface area contributed by atoms with E-state index in [1.54, 1.807) is 37.3 Å². The van der Waals surface area contributed by atoms with Crippen molar-refractivity contribution in [3.63, 3.8) is 0 Å². The average Bonchev–Trinajstić information content (AvgIpc) is 2.68. The standard InChI is InChI=1S/C20H17ClN2O5/c1-11-16(19(26)28-2)17(12-6-8-14(21)9-7-12)22-20(27)23(11)15-5-3-4-13(10-15)18(24)25/h3-10,17H,1-2H3,(H,22,27)(H,24,25)/p-1/t17-/m1/s1. The zero-order chi connectivity index (χ0) is 20.4. The number of hydrogen-bond acceptors (Lipinski definition) is 5. The highest BCUT2D eigenvalue weighted by Crippen LogP contribution is 2.34. The number of carbonyl (C=O) groups is 3. The van der Waals surface area contributed by atoms with Gasteiger partial charge in [0.2, 0.25) is 0 Å². The van der Waals surface area contributed by atoms with Gasteiger partial charge in [0, 0.05) is 10.7 Å². The Hall–Kier alpha value is -3.32. The summed E-state index contributed by atoms with van der Waals surface area (Å²) < 4.78 is 4.91. The van der Waals surface area contributed by atoms with E-state index in [-0.39, 0.29) is 16.8 Å². The van der Waals surface area contributed by atoms with Gasteiger partial charge in [-0.25, -0.2) is 9.59 Å². The number of amides is 2. The molecule has 0 aliphatic carbocycles. The second-order valence-corrected chi connectivity index (χ2v) is 6.53. The van der Waals surface area contributed by atoms with Gasteiger partial charge in [0.05, 0.1) is 30.4 Å². The number of aromatic carboxylic acids is 1. The molecule has 1 aliphatic heterocycles. The molecular formula is C20H16ClN2O5-. The lowest BCUT2D eigenvalue weighted by molar-refractivity contribution is -0.255. The number of carbonyl (C=O) groups excluding carboxylic acids is 3. The number of allylic oxidation sites excluding steroid dienone is 1. The molecule has 0 radical (unpaired) electrons. The van der Waals surface area contributed by atoms with Crippen LogP contribution in [-0.4, -0.2) is 25.1 Å². The molecule has 0 aromatic heterocycles. The van der Waals surface area contributed by atoms with Crippen LogP contribution in [0.4, 0.5) is 10.5 Å². The number of nitrogens with one attached hydrogen (secondary N) is 1. The quantitative estimate of drug-likeness (QED) is 0.796. The van der Waals surface area contributed by atoms with Gasteiger partial charge in [-0.3, -0.25) is 4.90 Å². The number of anilines is 1. The molecule has 3 rings (SSSR count). The van der Waals surface area contributed by atoms with Gasteiger partial charge in [0.15, 0.2) is 0 Å². The number of hydrogen-bond donors (Lipinski definition) is 1. The molecule has 144 valence electrons. The first-order valence-electron chi connectivity index (χ1n) is 8.30. The first kappa shape index (κ1) is 19.4. The maximum atomic E-state index is 12.8. The maximum absolute atomic E-state index is 12.8. The highest BCUT2D eigenvalue weighted by Gasteiger charge is 2.37. The Balaban J connectivity index is 2.13. The molecule has 28 heavy (non-hydrogen) atoms. The molecule has 0 saturated heterocycles. The highest BCUT2D eigenvalue weighted by molar-refractivity contribution is 6.30. The van der Waals surface area contributed by atoms with Gasteiger partial charge in [-0.05, 0) is 42.3 Å². The molecule has 1 atom stereocenters. The second kappa shape index (κ2) is 7.74. The van der Waals surface area contributed by atoms with Crippen molar-refractivity contribution in [2.45, 2.75) is 13.0 Å². The zero-order valence-electron chi connectivity index (χ0n) is 15.1. The van der Waals surface area contributed by atoms with Crippen LogP contribution in [0.25, 0.3) is 0 Å². The molecule has 2 amide bonds. The number of carboxylic acid groups (broad SMARTS) is 1. The molecule has 0 bridgehead atoms. The van der Waals surface area contributed by atoms with Crippen molar-refractivity contribution in [2.24, 2.45) is 0 Å². The van der Waals surface area contributed by atoms with Crippen molar-refractivity contribution in [2.75, 3.05) is 12.0 Å². The van der Waals surface area contributed by atoms with Crippen molar-refractivity contribution < 1.29 is 24.2 Å². The van der Waals surface area contributed by atoms with Crippen LogP contribution in [0.3, 0.4) is 0 Å². The van der Waals surface area contributed by atoms with Crippen molar-refractivity contribution in [1.82, 2.24) is 5.32 Å². The van der Waals surface area contributed by atoms with Crippen molar-refractivity contribution >= 4 is 35.3 Å². The number of benzene rings is 2. The van der Waals surface area contributed by atoms with Gasteiger partial charge in [-0.15, -0.1) is 0 Å². The van der Waals surface area contributed by atoms with Gasteiger partial charge in [0.25, 0.3) is 0 Å². The fourth-order valence-corrected chi connectivity index (χ4v) is 3.23. The summed E-state index contributed by atoms with van der Waals surface area (Å²) in [5.74, 6) is -1.98. The molecule has 7 nitrogen and oxygen atoms in total. The third kappa shape index (κ3) is 3.57. The number of rotatable bonds is 4. The van der Waals surface area contributed by atoms with E-state index in [0.29, 0.717) is 16.3 Å². The highest BCUT2D eigenvalue weighted by atomic mass is 35.5. The summed E-state index contributed by atoms with van der Waals surface area (Å²) in [4.78, 5) is 37.7. The Bertz CT molecular complexity index is 984. The summed E-state index contributed by atoms with van der Waals surface area (Å²) in [6.07, 6.45) is 0.